The second-order valence-corrected chi connectivity index (χ2v) is 4.39. The van der Waals surface area contributed by atoms with Crippen LogP contribution in [0.15, 0.2) is 12.1 Å². The molecule has 0 radical (unpaired) electrons. The molecule has 1 rings (SSSR count). The van der Waals surface area contributed by atoms with E-state index >= 15 is 0 Å². The van der Waals surface area contributed by atoms with Crippen LogP contribution < -0.4 is 4.74 Å². The van der Waals surface area contributed by atoms with Gasteiger partial charge in [0.25, 0.3) is 0 Å². The summed E-state index contributed by atoms with van der Waals surface area (Å²) in [6, 6.07) is 4.10. The Hall–Kier alpha value is -1.09. The lowest BCUT2D eigenvalue weighted by Gasteiger charge is -2.17. The van der Waals surface area contributed by atoms with Gasteiger partial charge in [-0.3, -0.25) is 0 Å². The van der Waals surface area contributed by atoms with Crippen molar-refractivity contribution in [2.45, 2.75) is 39.7 Å². The first kappa shape index (κ1) is 13.0. The van der Waals surface area contributed by atoms with Crippen LogP contribution in [0.2, 0.25) is 0 Å². The number of pyridine rings is 1. The van der Waals surface area contributed by atoms with Crippen LogP contribution in [-0.2, 0) is 4.74 Å². The number of nitrogens with zero attached hydrogens (tertiary/aromatic N) is 1. The minimum Gasteiger partial charge on any atom is -0.472 e. The molecule has 0 aliphatic rings. The van der Waals surface area contributed by atoms with Crippen molar-refractivity contribution in [1.82, 2.24) is 4.98 Å². The fourth-order valence-corrected chi connectivity index (χ4v) is 1.54. The Labute approximate surface area is 97.8 Å². The maximum Gasteiger partial charge on any atom is 0.217 e. The van der Waals surface area contributed by atoms with Gasteiger partial charge in [-0.05, 0) is 25.8 Å². The number of aryl methyl sites for hydroxylation is 1. The third kappa shape index (κ3) is 3.49. The molecule has 0 aliphatic carbocycles. The molecule has 1 heterocycles. The SMILES string of the molecule is COCC(C)Oc1nc(C)ccc1C(C)C. The van der Waals surface area contributed by atoms with Gasteiger partial charge in [0.15, 0.2) is 0 Å². The molecule has 0 fully saturated rings. The van der Waals surface area contributed by atoms with Crippen LogP contribution in [0.5, 0.6) is 5.88 Å². The topological polar surface area (TPSA) is 31.4 Å². The second kappa shape index (κ2) is 5.85. The zero-order valence-electron chi connectivity index (χ0n) is 10.8. The molecule has 3 nitrogen and oxygen atoms in total. The van der Waals surface area contributed by atoms with E-state index in [1.54, 1.807) is 7.11 Å². The predicted molar refractivity (Wildman–Crippen MR) is 65.0 cm³/mol. The molecule has 3 heteroatoms. The zero-order chi connectivity index (χ0) is 12.1. The maximum atomic E-state index is 5.79. The van der Waals surface area contributed by atoms with Crippen LogP contribution in [-0.4, -0.2) is 24.8 Å². The molecule has 16 heavy (non-hydrogen) atoms. The van der Waals surface area contributed by atoms with Gasteiger partial charge in [0.1, 0.15) is 6.10 Å². The highest BCUT2D eigenvalue weighted by atomic mass is 16.5. The van der Waals surface area contributed by atoms with E-state index in [0.717, 1.165) is 17.1 Å². The smallest absolute Gasteiger partial charge is 0.217 e. The first-order valence-corrected chi connectivity index (χ1v) is 5.67. The minimum absolute atomic E-state index is 0.0248. The van der Waals surface area contributed by atoms with E-state index in [-0.39, 0.29) is 6.10 Å². The molecule has 90 valence electrons. The molecule has 0 aliphatic heterocycles. The van der Waals surface area contributed by atoms with Crippen LogP contribution in [0, 0.1) is 6.92 Å². The molecule has 0 bridgehead atoms. The Morgan fingerprint density at radius 1 is 1.25 bits per heavy atom. The van der Waals surface area contributed by atoms with Crippen molar-refractivity contribution >= 4 is 0 Å². The monoisotopic (exact) mass is 223 g/mol. The summed E-state index contributed by atoms with van der Waals surface area (Å²) < 4.78 is 10.8. The number of hydrogen-bond acceptors (Lipinski definition) is 3. The van der Waals surface area contributed by atoms with Crippen LogP contribution >= 0.6 is 0 Å². The normalized spacial score (nSPS) is 12.9. The number of methoxy groups -OCH3 is 1. The molecule has 0 aromatic carbocycles. The lowest BCUT2D eigenvalue weighted by Crippen LogP contribution is -2.19. The fourth-order valence-electron chi connectivity index (χ4n) is 1.54. The molecule has 1 unspecified atom stereocenters. The van der Waals surface area contributed by atoms with Crippen molar-refractivity contribution in [3.8, 4) is 5.88 Å². The highest BCUT2D eigenvalue weighted by molar-refractivity contribution is 5.30. The lowest BCUT2D eigenvalue weighted by atomic mass is 10.0. The summed E-state index contributed by atoms with van der Waals surface area (Å²) in [5.41, 5.74) is 2.12. The van der Waals surface area contributed by atoms with Crippen LogP contribution in [0.3, 0.4) is 0 Å². The molecule has 1 aromatic rings. The first-order valence-electron chi connectivity index (χ1n) is 5.67. The molecule has 0 amide bonds. The summed E-state index contributed by atoms with van der Waals surface area (Å²) in [5, 5.41) is 0. The summed E-state index contributed by atoms with van der Waals surface area (Å²) in [5.74, 6) is 1.15. The van der Waals surface area contributed by atoms with E-state index in [4.69, 9.17) is 9.47 Å². The minimum atomic E-state index is 0.0248. The third-order valence-electron chi connectivity index (χ3n) is 2.37. The van der Waals surface area contributed by atoms with Gasteiger partial charge in [-0.1, -0.05) is 19.9 Å². The van der Waals surface area contributed by atoms with Crippen molar-refractivity contribution in [3.63, 3.8) is 0 Å². The van der Waals surface area contributed by atoms with Crippen LogP contribution in [0.1, 0.15) is 37.9 Å². The quantitative estimate of drug-likeness (QED) is 0.769. The molecule has 1 aromatic heterocycles. The average Bonchev–Trinajstić information content (AvgIpc) is 2.17. The highest BCUT2D eigenvalue weighted by Gasteiger charge is 2.12. The van der Waals surface area contributed by atoms with Crippen molar-refractivity contribution in [2.24, 2.45) is 0 Å². The van der Waals surface area contributed by atoms with E-state index in [1.807, 2.05) is 19.9 Å². The molecule has 1 atom stereocenters. The lowest BCUT2D eigenvalue weighted by molar-refractivity contribution is 0.0879. The van der Waals surface area contributed by atoms with Gasteiger partial charge < -0.3 is 9.47 Å². The Kier molecular flexibility index (Phi) is 4.74. The van der Waals surface area contributed by atoms with Gasteiger partial charge in [0.2, 0.25) is 5.88 Å². The Morgan fingerprint density at radius 2 is 1.94 bits per heavy atom. The number of rotatable bonds is 5. The van der Waals surface area contributed by atoms with Crippen molar-refractivity contribution in [3.05, 3.63) is 23.4 Å². The standard InChI is InChI=1S/C13H21NO2/c1-9(2)12-7-6-10(3)14-13(12)16-11(4)8-15-5/h6-7,9,11H,8H2,1-5H3. The summed E-state index contributed by atoms with van der Waals surface area (Å²) >= 11 is 0. The van der Waals surface area contributed by atoms with Gasteiger partial charge in [-0.25, -0.2) is 4.98 Å². The summed E-state index contributed by atoms with van der Waals surface area (Å²) in [7, 11) is 1.67. The molecular weight excluding hydrogens is 202 g/mol. The van der Waals surface area contributed by atoms with Crippen molar-refractivity contribution < 1.29 is 9.47 Å². The molecule has 0 spiro atoms. The summed E-state index contributed by atoms with van der Waals surface area (Å²) in [6.45, 7) is 8.81. The Bertz CT molecular complexity index is 337. The molecule has 0 N–H and O–H groups in total. The number of ether oxygens (including phenoxy) is 2. The van der Waals surface area contributed by atoms with Gasteiger partial charge >= 0.3 is 0 Å². The van der Waals surface area contributed by atoms with E-state index in [2.05, 4.69) is 24.9 Å². The highest BCUT2D eigenvalue weighted by Crippen LogP contribution is 2.25. The van der Waals surface area contributed by atoms with Gasteiger partial charge in [-0.2, -0.15) is 0 Å². The number of hydrogen-bond donors (Lipinski definition) is 0. The van der Waals surface area contributed by atoms with Crippen molar-refractivity contribution in [2.75, 3.05) is 13.7 Å². The number of aromatic nitrogens is 1. The van der Waals surface area contributed by atoms with Crippen LogP contribution in [0.4, 0.5) is 0 Å². The first-order chi connectivity index (χ1) is 7.54. The molecule has 0 saturated carbocycles. The largest absolute Gasteiger partial charge is 0.472 e. The Balaban J connectivity index is 2.87. The fraction of sp³-hybridized carbons (Fsp3) is 0.615. The van der Waals surface area contributed by atoms with Crippen molar-refractivity contribution in [1.29, 1.82) is 0 Å². The van der Waals surface area contributed by atoms with E-state index in [1.165, 1.54) is 0 Å². The van der Waals surface area contributed by atoms with Gasteiger partial charge in [0.05, 0.1) is 6.61 Å². The summed E-state index contributed by atoms with van der Waals surface area (Å²) in [6.07, 6.45) is 0.0248. The van der Waals surface area contributed by atoms with E-state index < -0.39 is 0 Å². The van der Waals surface area contributed by atoms with E-state index in [9.17, 15) is 0 Å². The molecular formula is C13H21NO2. The summed E-state index contributed by atoms with van der Waals surface area (Å²) in [4.78, 5) is 4.44. The zero-order valence-corrected chi connectivity index (χ0v) is 10.8. The van der Waals surface area contributed by atoms with Crippen LogP contribution in [0.25, 0.3) is 0 Å². The average molecular weight is 223 g/mol. The Morgan fingerprint density at radius 3 is 2.50 bits per heavy atom. The third-order valence-corrected chi connectivity index (χ3v) is 2.37. The molecule has 0 saturated heterocycles. The van der Waals surface area contributed by atoms with Gasteiger partial charge in [-0.15, -0.1) is 0 Å². The maximum absolute atomic E-state index is 5.79. The van der Waals surface area contributed by atoms with Gasteiger partial charge in [0, 0.05) is 18.4 Å². The predicted octanol–water partition coefficient (Wildman–Crippen LogP) is 2.93. The van der Waals surface area contributed by atoms with E-state index in [0.29, 0.717) is 12.5 Å². The second-order valence-electron chi connectivity index (χ2n) is 4.39.